The van der Waals surface area contributed by atoms with Crippen molar-refractivity contribution in [1.82, 2.24) is 42.5 Å². The van der Waals surface area contributed by atoms with E-state index in [1.807, 2.05) is 0 Å². The number of nitrogens with two attached hydrogens (primary N) is 2. The first-order chi connectivity index (χ1) is 26.7. The number of hydrogen-bond acceptors (Lipinski definition) is 12. The Morgan fingerprint density at radius 3 is 1.36 bits per heavy atom. The average Bonchev–Trinajstić information content (AvgIpc) is 3.09. The third-order valence-electron chi connectivity index (χ3n) is 8.23. The molecule has 8 atom stereocenters. The van der Waals surface area contributed by atoms with Gasteiger partial charge in [-0.3, -0.25) is 47.9 Å². The molecular weight excluding hydrogens is 768 g/mol. The average molecular weight is 829 g/mol. The van der Waals surface area contributed by atoms with E-state index >= 15 is 0 Å². The molecule has 0 spiro atoms. The van der Waals surface area contributed by atoms with Crippen molar-refractivity contribution in [2.75, 3.05) is 6.54 Å². The second kappa shape index (κ2) is 24.7. The number of rotatable bonds is 25. The topological polar surface area (TPSA) is 377 Å². The van der Waals surface area contributed by atoms with Crippen molar-refractivity contribution in [3.05, 3.63) is 0 Å². The van der Waals surface area contributed by atoms with Crippen molar-refractivity contribution >= 4 is 65.1 Å². The standard InChI is InChI=1S/C35H60N10O13/c1-14(2)10-22(35(57)58)43-32(54)21(12-25(48)49)41-31(53)20(11-23(37)46)42-33(55)26(15(3)4)45-34(56)27(16(5)6)44-30(52)19(9)39-24(47)13-38-29(51)18(8)40-28(50)17(7)36/h14-22,26-27H,10-13,36H2,1-9H3,(H2,37,46)(H,38,51)(H,39,47)(H,40,50)(H,41,53)(H,42,55)(H,43,54)(H,44,52)(H,45,56)(H,48,49)(H,57,58)/t17-,18-,19-,20-,21-,22-,26-,27-/m0/s1. The molecular formula is C35H60N10O13. The lowest BCUT2D eigenvalue weighted by molar-refractivity contribution is -0.144. The van der Waals surface area contributed by atoms with Crippen LogP contribution >= 0.6 is 0 Å². The van der Waals surface area contributed by atoms with Crippen molar-refractivity contribution < 1.29 is 63.0 Å². The highest BCUT2D eigenvalue weighted by Crippen LogP contribution is 2.10. The quantitative estimate of drug-likeness (QED) is 0.0414. The second-order valence-electron chi connectivity index (χ2n) is 14.9. The van der Waals surface area contributed by atoms with Crippen molar-refractivity contribution in [3.8, 4) is 0 Å². The number of carbonyl (C=O) groups excluding carboxylic acids is 9. The van der Waals surface area contributed by atoms with Gasteiger partial charge in [-0.2, -0.15) is 0 Å². The second-order valence-corrected chi connectivity index (χ2v) is 14.9. The first-order valence-corrected chi connectivity index (χ1v) is 18.6. The van der Waals surface area contributed by atoms with Crippen LogP contribution in [0.25, 0.3) is 0 Å². The molecule has 0 aromatic rings. The molecule has 0 fully saturated rings. The van der Waals surface area contributed by atoms with Crippen molar-refractivity contribution in [2.24, 2.45) is 29.2 Å². The largest absolute Gasteiger partial charge is 0.481 e. The van der Waals surface area contributed by atoms with Crippen LogP contribution in [0, 0.1) is 17.8 Å². The zero-order valence-electron chi connectivity index (χ0n) is 34.2. The monoisotopic (exact) mass is 828 g/mol. The van der Waals surface area contributed by atoms with Crippen molar-refractivity contribution in [2.45, 2.75) is 130 Å². The van der Waals surface area contributed by atoms with Crippen molar-refractivity contribution in [3.63, 3.8) is 0 Å². The van der Waals surface area contributed by atoms with Gasteiger partial charge in [-0.1, -0.05) is 41.5 Å². The third-order valence-corrected chi connectivity index (χ3v) is 8.23. The molecule has 0 saturated carbocycles. The maximum Gasteiger partial charge on any atom is 0.326 e. The number of primary amides is 1. The van der Waals surface area contributed by atoms with Gasteiger partial charge in [0.1, 0.15) is 42.3 Å². The normalized spacial score (nSPS) is 15.2. The Kier molecular flexibility index (Phi) is 22.2. The number of carbonyl (C=O) groups is 11. The predicted octanol–water partition coefficient (Wildman–Crippen LogP) is -4.32. The molecule has 0 bridgehead atoms. The van der Waals surface area contributed by atoms with E-state index in [9.17, 15) is 63.0 Å². The van der Waals surface area contributed by atoms with E-state index < -0.39 is 145 Å². The molecule has 9 amide bonds. The summed E-state index contributed by atoms with van der Waals surface area (Å²) in [4.78, 5) is 138. The molecule has 0 aliphatic carbocycles. The lowest BCUT2D eigenvalue weighted by Crippen LogP contribution is -2.61. The number of carboxylic acid groups (broad SMARTS) is 2. The highest BCUT2D eigenvalue weighted by Gasteiger charge is 2.36. The molecule has 0 unspecified atom stereocenters. The zero-order chi connectivity index (χ0) is 45.2. The Morgan fingerprint density at radius 1 is 0.500 bits per heavy atom. The highest BCUT2D eigenvalue weighted by atomic mass is 16.4. The van der Waals surface area contributed by atoms with Gasteiger partial charge in [-0.25, -0.2) is 4.79 Å². The lowest BCUT2D eigenvalue weighted by atomic mass is 9.99. The van der Waals surface area contributed by atoms with Crippen LogP contribution in [0.2, 0.25) is 0 Å². The fraction of sp³-hybridized carbons (Fsp3) is 0.686. The van der Waals surface area contributed by atoms with Gasteiger partial charge < -0.3 is 64.2 Å². The van der Waals surface area contributed by atoms with E-state index in [0.717, 1.165) is 0 Å². The van der Waals surface area contributed by atoms with Crippen molar-refractivity contribution in [1.29, 1.82) is 0 Å². The predicted molar refractivity (Wildman–Crippen MR) is 204 cm³/mol. The molecule has 0 heterocycles. The van der Waals surface area contributed by atoms with E-state index in [0.29, 0.717) is 0 Å². The summed E-state index contributed by atoms with van der Waals surface area (Å²) >= 11 is 0. The van der Waals surface area contributed by atoms with Gasteiger partial charge in [0.2, 0.25) is 53.2 Å². The minimum atomic E-state index is -1.84. The summed E-state index contributed by atoms with van der Waals surface area (Å²) in [5.74, 6) is -12.6. The molecule has 14 N–H and O–H groups in total. The summed E-state index contributed by atoms with van der Waals surface area (Å²) in [5.41, 5.74) is 10.8. The van der Waals surface area contributed by atoms with E-state index in [1.54, 1.807) is 27.7 Å². The molecule has 0 aromatic heterocycles. The van der Waals surface area contributed by atoms with Gasteiger partial charge in [0, 0.05) is 0 Å². The van der Waals surface area contributed by atoms with E-state index in [4.69, 9.17) is 11.5 Å². The van der Waals surface area contributed by atoms with E-state index in [-0.39, 0.29) is 12.3 Å². The molecule has 0 aliphatic rings. The fourth-order valence-electron chi connectivity index (χ4n) is 4.97. The molecule has 0 rings (SSSR count). The lowest BCUT2D eigenvalue weighted by Gasteiger charge is -2.29. The number of amides is 9. The van der Waals surface area contributed by atoms with Crippen LogP contribution in [-0.2, 0) is 52.7 Å². The minimum absolute atomic E-state index is 0.0192. The molecule has 58 heavy (non-hydrogen) atoms. The maximum absolute atomic E-state index is 13.5. The van der Waals surface area contributed by atoms with Crippen LogP contribution in [-0.4, -0.2) is 130 Å². The SMILES string of the molecule is CC(C)C[C@H](NC(=O)[C@H](CC(=O)O)NC(=O)[C@H](CC(N)=O)NC(=O)[C@@H](NC(=O)[C@@H](NC(=O)[C@H](C)NC(=O)CNC(=O)[C@H](C)NC(=O)[C@H](C)N)C(C)C)C(C)C)C(=O)O. The van der Waals surface area contributed by atoms with Crippen LogP contribution in [0.1, 0.15) is 81.6 Å². The summed E-state index contributed by atoms with van der Waals surface area (Å²) in [6, 6.07) is -10.8. The fourth-order valence-corrected chi connectivity index (χ4v) is 4.97. The molecule has 23 nitrogen and oxygen atoms in total. The van der Waals surface area contributed by atoms with Crippen LogP contribution in [0.15, 0.2) is 0 Å². The van der Waals surface area contributed by atoms with Gasteiger partial charge in [0.25, 0.3) is 0 Å². The summed E-state index contributed by atoms with van der Waals surface area (Å²) < 4.78 is 0. The maximum atomic E-state index is 13.5. The number of carboxylic acids is 2. The van der Waals surface area contributed by atoms with Crippen LogP contribution in [0.3, 0.4) is 0 Å². The summed E-state index contributed by atoms with van der Waals surface area (Å²) in [5, 5.41) is 37.5. The number of aliphatic carboxylic acids is 2. The Hall–Kier alpha value is -5.87. The number of nitrogens with one attached hydrogen (secondary N) is 8. The summed E-state index contributed by atoms with van der Waals surface area (Å²) in [6.07, 6.45) is -1.84. The summed E-state index contributed by atoms with van der Waals surface area (Å²) in [6.45, 7) is 13.2. The Bertz CT molecular complexity index is 1540. The third kappa shape index (κ3) is 19.3. The number of hydrogen-bond donors (Lipinski definition) is 12. The smallest absolute Gasteiger partial charge is 0.326 e. The summed E-state index contributed by atoms with van der Waals surface area (Å²) in [7, 11) is 0. The van der Waals surface area contributed by atoms with Gasteiger partial charge in [0.05, 0.1) is 25.4 Å². The Balaban J connectivity index is 5.85. The molecule has 0 aromatic carbocycles. The molecule has 0 aliphatic heterocycles. The molecule has 23 heteroatoms. The van der Waals surface area contributed by atoms with E-state index in [2.05, 4.69) is 42.5 Å². The van der Waals surface area contributed by atoms with E-state index in [1.165, 1.54) is 34.6 Å². The Labute approximate surface area is 336 Å². The van der Waals surface area contributed by atoms with Crippen LogP contribution < -0.4 is 54.0 Å². The molecule has 328 valence electrons. The minimum Gasteiger partial charge on any atom is -0.481 e. The van der Waals surface area contributed by atoms with Gasteiger partial charge in [-0.15, -0.1) is 0 Å². The van der Waals surface area contributed by atoms with Crippen LogP contribution in [0.4, 0.5) is 0 Å². The van der Waals surface area contributed by atoms with Crippen LogP contribution in [0.5, 0.6) is 0 Å². The first kappa shape index (κ1) is 52.1. The Morgan fingerprint density at radius 2 is 0.931 bits per heavy atom. The highest BCUT2D eigenvalue weighted by molar-refractivity contribution is 5.99. The first-order valence-electron chi connectivity index (χ1n) is 18.6. The zero-order valence-corrected chi connectivity index (χ0v) is 34.2. The molecule has 0 saturated heterocycles. The van der Waals surface area contributed by atoms with Gasteiger partial charge in [0.15, 0.2) is 0 Å². The molecule has 0 radical (unpaired) electrons. The van der Waals surface area contributed by atoms with Gasteiger partial charge in [-0.05, 0) is 44.9 Å². The van der Waals surface area contributed by atoms with Gasteiger partial charge >= 0.3 is 11.9 Å².